The third-order valence-corrected chi connectivity index (χ3v) is 1.84. The second kappa shape index (κ2) is 3.32. The first-order valence-corrected chi connectivity index (χ1v) is 3.74. The summed E-state index contributed by atoms with van der Waals surface area (Å²) in [5.41, 5.74) is 0.415. The number of alkyl halides is 3. The Labute approximate surface area is 73.9 Å². The fraction of sp³-hybridized carbons (Fsp3) is 0.500. The molecular formula is C8H9F3N2. The van der Waals surface area contributed by atoms with E-state index in [4.69, 9.17) is 0 Å². The van der Waals surface area contributed by atoms with Crippen molar-refractivity contribution in [2.45, 2.75) is 26.4 Å². The maximum Gasteiger partial charge on any atom is 0.429 e. The van der Waals surface area contributed by atoms with E-state index >= 15 is 0 Å². The molecule has 72 valence electrons. The summed E-state index contributed by atoms with van der Waals surface area (Å²) in [7, 11) is 0. The zero-order chi connectivity index (χ0) is 10.1. The van der Waals surface area contributed by atoms with Crippen LogP contribution in [0.15, 0.2) is 21.3 Å². The van der Waals surface area contributed by atoms with Crippen molar-refractivity contribution in [3.8, 4) is 0 Å². The topological polar surface area (TPSA) is 24.7 Å². The molecule has 1 aliphatic heterocycles. The zero-order valence-corrected chi connectivity index (χ0v) is 7.31. The van der Waals surface area contributed by atoms with E-state index in [1.165, 1.54) is 0 Å². The van der Waals surface area contributed by atoms with Crippen LogP contribution in [-0.4, -0.2) is 18.2 Å². The van der Waals surface area contributed by atoms with Crippen LogP contribution in [0.5, 0.6) is 0 Å². The maximum atomic E-state index is 12.2. The minimum Gasteiger partial charge on any atom is -0.242 e. The van der Waals surface area contributed by atoms with Gasteiger partial charge in [0.15, 0.2) is 0 Å². The molecule has 0 aromatic heterocycles. The van der Waals surface area contributed by atoms with Crippen LogP contribution in [-0.2, 0) is 0 Å². The number of allylic oxidation sites excluding steroid dienone is 2. The molecule has 1 rings (SSSR count). The van der Waals surface area contributed by atoms with Crippen LogP contribution in [0.2, 0.25) is 0 Å². The first kappa shape index (κ1) is 9.95. The van der Waals surface area contributed by atoms with Gasteiger partial charge in [-0.15, -0.1) is 0 Å². The standard InChI is InChI=1S/C8H9F3N2/c1-5-3-7(8(9,10)11)13-4-12-6(5)2/h4H,3H2,1-2H3. The van der Waals surface area contributed by atoms with E-state index in [1.54, 1.807) is 13.8 Å². The van der Waals surface area contributed by atoms with Gasteiger partial charge in [0.05, 0.1) is 0 Å². The smallest absolute Gasteiger partial charge is 0.242 e. The lowest BCUT2D eigenvalue weighted by molar-refractivity contribution is -0.0599. The third-order valence-electron chi connectivity index (χ3n) is 1.84. The molecule has 0 spiro atoms. The van der Waals surface area contributed by atoms with Gasteiger partial charge in [0.1, 0.15) is 12.1 Å². The van der Waals surface area contributed by atoms with Crippen molar-refractivity contribution < 1.29 is 13.2 Å². The zero-order valence-electron chi connectivity index (χ0n) is 7.31. The maximum absolute atomic E-state index is 12.2. The predicted molar refractivity (Wildman–Crippen MR) is 45.0 cm³/mol. The number of hydrogen-bond acceptors (Lipinski definition) is 2. The molecule has 0 amide bonds. The average molecular weight is 190 g/mol. The Morgan fingerprint density at radius 3 is 2.46 bits per heavy atom. The van der Waals surface area contributed by atoms with Crippen molar-refractivity contribution in [2.75, 3.05) is 0 Å². The van der Waals surface area contributed by atoms with Gasteiger partial charge in [0.25, 0.3) is 0 Å². The lowest BCUT2D eigenvalue weighted by Gasteiger charge is -2.08. The van der Waals surface area contributed by atoms with E-state index in [1.807, 2.05) is 0 Å². The summed E-state index contributed by atoms with van der Waals surface area (Å²) in [4.78, 5) is 6.99. The van der Waals surface area contributed by atoms with Crippen LogP contribution in [0.25, 0.3) is 0 Å². The van der Waals surface area contributed by atoms with Crippen molar-refractivity contribution >= 4 is 12.1 Å². The molecular weight excluding hydrogens is 181 g/mol. The molecule has 13 heavy (non-hydrogen) atoms. The summed E-state index contributed by atoms with van der Waals surface area (Å²) in [5, 5.41) is 0. The second-order valence-corrected chi connectivity index (χ2v) is 2.86. The van der Waals surface area contributed by atoms with E-state index in [2.05, 4.69) is 9.98 Å². The van der Waals surface area contributed by atoms with Gasteiger partial charge in [-0.3, -0.25) is 0 Å². The molecule has 0 aromatic carbocycles. The molecule has 0 atom stereocenters. The predicted octanol–water partition coefficient (Wildman–Crippen LogP) is 2.72. The quantitative estimate of drug-likeness (QED) is 0.561. The average Bonchev–Trinajstić information content (AvgIpc) is 2.13. The SMILES string of the molecule is CC1=C(C)N=CN=C(C(F)(F)F)C1. The highest BCUT2D eigenvalue weighted by atomic mass is 19.4. The second-order valence-electron chi connectivity index (χ2n) is 2.86. The van der Waals surface area contributed by atoms with E-state index in [0.717, 1.165) is 6.34 Å². The monoisotopic (exact) mass is 190 g/mol. The minimum atomic E-state index is -4.35. The highest BCUT2D eigenvalue weighted by molar-refractivity contribution is 5.97. The van der Waals surface area contributed by atoms with Gasteiger partial charge < -0.3 is 0 Å². The molecule has 0 saturated carbocycles. The van der Waals surface area contributed by atoms with Crippen LogP contribution in [0, 0.1) is 0 Å². The summed E-state index contributed by atoms with van der Waals surface area (Å²) in [6, 6.07) is 0. The van der Waals surface area contributed by atoms with Crippen molar-refractivity contribution in [3.05, 3.63) is 11.3 Å². The number of nitrogens with zero attached hydrogens (tertiary/aromatic N) is 2. The van der Waals surface area contributed by atoms with Gasteiger partial charge in [-0.2, -0.15) is 13.2 Å². The number of aliphatic imine (C=N–C) groups is 2. The van der Waals surface area contributed by atoms with Crippen molar-refractivity contribution in [3.63, 3.8) is 0 Å². The highest BCUT2D eigenvalue weighted by Gasteiger charge is 2.35. The molecule has 0 radical (unpaired) electrons. The summed E-state index contributed by atoms with van der Waals surface area (Å²) in [6.45, 7) is 3.29. The van der Waals surface area contributed by atoms with Crippen LogP contribution < -0.4 is 0 Å². The van der Waals surface area contributed by atoms with Gasteiger partial charge in [-0.25, -0.2) is 9.98 Å². The summed E-state index contributed by atoms with van der Waals surface area (Å²) >= 11 is 0. The normalized spacial score (nSPS) is 18.7. The number of halogens is 3. The molecule has 2 nitrogen and oxygen atoms in total. The summed E-state index contributed by atoms with van der Waals surface area (Å²) in [6.07, 6.45) is -3.57. The van der Waals surface area contributed by atoms with Crippen LogP contribution >= 0.6 is 0 Å². The van der Waals surface area contributed by atoms with Gasteiger partial charge in [0, 0.05) is 12.1 Å². The first-order chi connectivity index (χ1) is 5.91. The fourth-order valence-electron chi connectivity index (χ4n) is 0.893. The van der Waals surface area contributed by atoms with E-state index in [9.17, 15) is 13.2 Å². The Hall–Kier alpha value is -1.13. The molecule has 5 heteroatoms. The van der Waals surface area contributed by atoms with E-state index in [0.29, 0.717) is 11.3 Å². The minimum absolute atomic E-state index is 0.171. The Morgan fingerprint density at radius 2 is 1.92 bits per heavy atom. The van der Waals surface area contributed by atoms with Crippen LogP contribution in [0.1, 0.15) is 20.3 Å². The third kappa shape index (κ3) is 2.40. The van der Waals surface area contributed by atoms with Gasteiger partial charge in [0.2, 0.25) is 0 Å². The lowest BCUT2D eigenvalue weighted by atomic mass is 10.1. The Balaban J connectivity index is 2.96. The van der Waals surface area contributed by atoms with Gasteiger partial charge in [-0.05, 0) is 19.4 Å². The molecule has 0 bridgehead atoms. The van der Waals surface area contributed by atoms with Gasteiger partial charge >= 0.3 is 6.18 Å². The molecule has 0 aromatic rings. The Kier molecular flexibility index (Phi) is 2.54. The number of rotatable bonds is 0. The molecule has 1 aliphatic rings. The molecule has 0 saturated heterocycles. The van der Waals surface area contributed by atoms with E-state index in [-0.39, 0.29) is 6.42 Å². The fourth-order valence-corrected chi connectivity index (χ4v) is 0.893. The Bertz CT molecular complexity index is 297. The van der Waals surface area contributed by atoms with E-state index < -0.39 is 11.9 Å². The highest BCUT2D eigenvalue weighted by Crippen LogP contribution is 2.24. The van der Waals surface area contributed by atoms with Crippen LogP contribution in [0.4, 0.5) is 13.2 Å². The molecule has 1 heterocycles. The number of hydrogen-bond donors (Lipinski definition) is 0. The van der Waals surface area contributed by atoms with Crippen molar-refractivity contribution in [1.29, 1.82) is 0 Å². The Morgan fingerprint density at radius 1 is 1.31 bits per heavy atom. The molecule has 0 fully saturated rings. The summed E-state index contributed by atoms with van der Waals surface area (Å²) in [5.74, 6) is 0. The van der Waals surface area contributed by atoms with Crippen molar-refractivity contribution in [2.24, 2.45) is 9.98 Å². The molecule has 0 unspecified atom stereocenters. The van der Waals surface area contributed by atoms with Crippen molar-refractivity contribution in [1.82, 2.24) is 0 Å². The largest absolute Gasteiger partial charge is 0.429 e. The van der Waals surface area contributed by atoms with Gasteiger partial charge in [-0.1, -0.05) is 0 Å². The first-order valence-electron chi connectivity index (χ1n) is 3.74. The summed E-state index contributed by atoms with van der Waals surface area (Å²) < 4.78 is 36.6. The van der Waals surface area contributed by atoms with Crippen LogP contribution in [0.3, 0.4) is 0 Å². The lowest BCUT2D eigenvalue weighted by Crippen LogP contribution is -2.23. The molecule has 0 N–H and O–H groups in total. The molecule has 0 aliphatic carbocycles.